The van der Waals surface area contributed by atoms with Gasteiger partial charge in [0.2, 0.25) is 11.8 Å². The van der Waals surface area contributed by atoms with Crippen LogP contribution in [0.25, 0.3) is 0 Å². The van der Waals surface area contributed by atoms with Crippen LogP contribution in [0.2, 0.25) is 0 Å². The number of nitrogens with zero attached hydrogens (tertiary/aromatic N) is 3. The quantitative estimate of drug-likeness (QED) is 0.695. The van der Waals surface area contributed by atoms with Crippen LogP contribution in [-0.2, 0) is 25.2 Å². The van der Waals surface area contributed by atoms with E-state index in [4.69, 9.17) is 14.7 Å². The predicted octanol–water partition coefficient (Wildman–Crippen LogP) is 2.68. The zero-order valence-electron chi connectivity index (χ0n) is 15.2. The number of carbonyl (C=O) groups excluding carboxylic acids is 2. The molecule has 156 valence electrons. The summed E-state index contributed by atoms with van der Waals surface area (Å²) in [6.07, 6.45) is -3.93. The summed E-state index contributed by atoms with van der Waals surface area (Å²) in [6.45, 7) is 3.39. The molecule has 0 aliphatic carbocycles. The zero-order valence-corrected chi connectivity index (χ0v) is 15.2. The second-order valence-electron chi connectivity index (χ2n) is 7.69. The van der Waals surface area contributed by atoms with Gasteiger partial charge in [0.25, 0.3) is 0 Å². The summed E-state index contributed by atoms with van der Waals surface area (Å²) in [6, 6.07) is 1.99. The molecule has 3 fully saturated rings. The average molecular weight is 411 g/mol. The van der Waals surface area contributed by atoms with E-state index in [1.54, 1.807) is 13.8 Å². The van der Waals surface area contributed by atoms with E-state index in [1.165, 1.54) is 13.2 Å². The summed E-state index contributed by atoms with van der Waals surface area (Å²) in [5.74, 6) is -2.96. The van der Waals surface area contributed by atoms with E-state index < -0.39 is 58.4 Å². The number of hydrogen-bond acceptors (Lipinski definition) is 6. The van der Waals surface area contributed by atoms with E-state index in [-0.39, 0.29) is 13.1 Å². The fourth-order valence-electron chi connectivity index (χ4n) is 4.95. The molecule has 0 unspecified atom stereocenters. The maximum atomic E-state index is 13.3. The van der Waals surface area contributed by atoms with Crippen molar-refractivity contribution < 1.29 is 32.2 Å². The number of rotatable bonds is 2. The van der Waals surface area contributed by atoms with Gasteiger partial charge >= 0.3 is 6.18 Å². The van der Waals surface area contributed by atoms with Crippen molar-refractivity contribution in [2.45, 2.75) is 51.2 Å². The van der Waals surface area contributed by atoms with Crippen molar-refractivity contribution in [3.05, 3.63) is 23.5 Å². The van der Waals surface area contributed by atoms with Crippen molar-refractivity contribution in [1.29, 1.82) is 5.26 Å². The lowest BCUT2D eigenvalue weighted by atomic mass is 9.67. The van der Waals surface area contributed by atoms with E-state index in [2.05, 4.69) is 4.98 Å². The van der Waals surface area contributed by atoms with Crippen molar-refractivity contribution in [2.75, 3.05) is 12.0 Å². The molecule has 0 saturated carbocycles. The number of halogens is 3. The Balaban J connectivity index is 0.00000240. The van der Waals surface area contributed by atoms with Gasteiger partial charge < -0.3 is 9.47 Å². The van der Waals surface area contributed by atoms with E-state index >= 15 is 0 Å². The van der Waals surface area contributed by atoms with Gasteiger partial charge in [0.05, 0.1) is 41.0 Å². The molecule has 1 aromatic rings. The molecule has 3 aliphatic heterocycles. The van der Waals surface area contributed by atoms with Gasteiger partial charge in [0.15, 0.2) is 5.69 Å². The molecule has 3 aliphatic rings. The minimum atomic E-state index is -4.85. The van der Waals surface area contributed by atoms with Crippen LogP contribution in [-0.4, -0.2) is 41.2 Å². The highest BCUT2D eigenvalue weighted by molar-refractivity contribution is 6.23. The van der Waals surface area contributed by atoms with Crippen LogP contribution in [0.1, 0.15) is 39.0 Å². The lowest BCUT2D eigenvalue weighted by molar-refractivity contribution is -0.138. The van der Waals surface area contributed by atoms with Gasteiger partial charge in [-0.3, -0.25) is 9.59 Å². The summed E-state index contributed by atoms with van der Waals surface area (Å²) >= 11 is 0. The van der Waals surface area contributed by atoms with Crippen LogP contribution in [0.3, 0.4) is 0 Å². The van der Waals surface area contributed by atoms with Gasteiger partial charge in [-0.25, -0.2) is 9.88 Å². The topological polar surface area (TPSA) is 92.5 Å². The number of methoxy groups -OCH3 is 1. The highest BCUT2D eigenvalue weighted by Crippen LogP contribution is 2.61. The van der Waals surface area contributed by atoms with E-state index in [0.29, 0.717) is 12.5 Å². The number of anilines is 1. The number of carbonyl (C=O) groups is 2. The molecule has 1 aromatic heterocycles. The van der Waals surface area contributed by atoms with Gasteiger partial charge in [-0.05, 0) is 19.9 Å². The van der Waals surface area contributed by atoms with Crippen LogP contribution in [0.15, 0.2) is 12.3 Å². The molecule has 0 aromatic carbocycles. The third kappa shape index (κ3) is 2.60. The normalized spacial score (nSPS) is 35.5. The Morgan fingerprint density at radius 1 is 1.31 bits per heavy atom. The summed E-state index contributed by atoms with van der Waals surface area (Å²) in [5, 5.41) is 8.88. The predicted molar refractivity (Wildman–Crippen MR) is 93.5 cm³/mol. The molecule has 5 atom stereocenters. The molecule has 29 heavy (non-hydrogen) atoms. The minimum absolute atomic E-state index is 0. The third-order valence-electron chi connectivity index (χ3n) is 6.09. The van der Waals surface area contributed by atoms with Gasteiger partial charge in [0, 0.05) is 13.5 Å². The Morgan fingerprint density at radius 2 is 1.93 bits per heavy atom. The van der Waals surface area contributed by atoms with Crippen LogP contribution < -0.4 is 4.90 Å². The number of imide groups is 1. The summed E-state index contributed by atoms with van der Waals surface area (Å²) in [5.41, 5.74) is -4.43. The van der Waals surface area contributed by atoms with Crippen LogP contribution >= 0.6 is 0 Å². The van der Waals surface area contributed by atoms with Crippen LogP contribution in [0.5, 0.6) is 0 Å². The number of amides is 2. The van der Waals surface area contributed by atoms with E-state index in [0.717, 1.165) is 11.1 Å². The lowest BCUT2D eigenvalue weighted by Gasteiger charge is -2.34. The largest absolute Gasteiger partial charge is 0.419 e. The van der Waals surface area contributed by atoms with Crippen molar-refractivity contribution >= 4 is 17.5 Å². The molecular formula is C19H20F3N3O4. The smallest absolute Gasteiger partial charge is 0.378 e. The molecular weight excluding hydrogens is 391 g/mol. The first-order valence-corrected chi connectivity index (χ1v) is 8.56. The Hall–Kier alpha value is -2.51. The van der Waals surface area contributed by atoms with Crippen molar-refractivity contribution in [3.63, 3.8) is 0 Å². The number of fused-ring (bicyclic) bond motifs is 5. The average Bonchev–Trinajstić information content (AvgIpc) is 3.14. The Morgan fingerprint density at radius 3 is 2.48 bits per heavy atom. The Labute approximate surface area is 165 Å². The van der Waals surface area contributed by atoms with Gasteiger partial charge in [-0.1, -0.05) is 7.43 Å². The van der Waals surface area contributed by atoms with Crippen LogP contribution in [0.4, 0.5) is 18.9 Å². The van der Waals surface area contributed by atoms with E-state index in [1.807, 2.05) is 0 Å². The Kier molecular flexibility index (Phi) is 4.56. The van der Waals surface area contributed by atoms with Crippen molar-refractivity contribution in [3.8, 4) is 6.07 Å². The van der Waals surface area contributed by atoms with Crippen LogP contribution in [0, 0.1) is 23.2 Å². The molecule has 10 heteroatoms. The molecule has 2 bridgehead atoms. The van der Waals surface area contributed by atoms with Gasteiger partial charge in [-0.15, -0.1) is 0 Å². The van der Waals surface area contributed by atoms with Gasteiger partial charge in [-0.2, -0.15) is 18.4 Å². The maximum Gasteiger partial charge on any atom is 0.419 e. The second-order valence-corrected chi connectivity index (χ2v) is 7.69. The highest BCUT2D eigenvalue weighted by Gasteiger charge is 2.76. The third-order valence-corrected chi connectivity index (χ3v) is 6.09. The Bertz CT molecular complexity index is 944. The maximum absolute atomic E-state index is 13.3. The summed E-state index contributed by atoms with van der Waals surface area (Å²) in [4.78, 5) is 30.4. The van der Waals surface area contributed by atoms with E-state index in [9.17, 15) is 22.8 Å². The molecule has 7 nitrogen and oxygen atoms in total. The van der Waals surface area contributed by atoms with Gasteiger partial charge in [0.1, 0.15) is 11.7 Å². The van der Waals surface area contributed by atoms with Crippen molar-refractivity contribution in [2.24, 2.45) is 11.8 Å². The van der Waals surface area contributed by atoms with Crippen molar-refractivity contribution in [1.82, 2.24) is 4.98 Å². The highest BCUT2D eigenvalue weighted by atomic mass is 19.4. The molecule has 3 saturated heterocycles. The lowest BCUT2D eigenvalue weighted by Crippen LogP contribution is -2.49. The number of pyridine rings is 1. The first-order chi connectivity index (χ1) is 13.0. The SMILES string of the molecule is C.CO[C@H]1C[C@@]2(C)O[C@]1(C)[C@@H]1C(=O)N(c3cnc(C#N)c(C(F)(F)F)c3)C(=O)[C@@H]12. The molecule has 0 N–H and O–H groups in total. The fourth-order valence-corrected chi connectivity index (χ4v) is 4.95. The number of nitriles is 1. The molecule has 0 spiro atoms. The number of ether oxygens (including phenoxy) is 2. The molecule has 4 heterocycles. The summed E-state index contributed by atoms with van der Waals surface area (Å²) in [7, 11) is 1.48. The number of aromatic nitrogens is 1. The first-order valence-electron chi connectivity index (χ1n) is 8.56. The molecule has 4 rings (SSSR count). The zero-order chi connectivity index (χ0) is 20.6. The second kappa shape index (κ2) is 6.24. The molecule has 2 amide bonds. The molecule has 0 radical (unpaired) electrons. The summed E-state index contributed by atoms with van der Waals surface area (Å²) < 4.78 is 51.3. The number of hydrogen-bond donors (Lipinski definition) is 0. The minimum Gasteiger partial charge on any atom is -0.378 e. The number of alkyl halides is 3. The first kappa shape index (κ1) is 21.2. The standard InChI is InChI=1S/C18H16F3N3O4.CH4/c1-16-5-11(27-3)17(2,28-16)13-12(16)14(25)24(15(13)26)8-4-9(18(19,20)21)10(6-22)23-7-8;/h4,7,11-13H,5H2,1-3H3;1H4/t11-,12+,13-,16+,17-;/m0./s1. The fraction of sp³-hybridized carbons (Fsp3) is 0.579. The monoisotopic (exact) mass is 411 g/mol.